The number of fused-ring (bicyclic) bond motifs is 1. The molecule has 0 spiro atoms. The third-order valence-corrected chi connectivity index (χ3v) is 4.12. The van der Waals surface area contributed by atoms with Gasteiger partial charge in [-0.2, -0.15) is 0 Å². The van der Waals surface area contributed by atoms with Gasteiger partial charge in [-0.15, -0.1) is 0 Å². The molecule has 1 N–H and O–H groups in total. The third kappa shape index (κ3) is 2.29. The van der Waals surface area contributed by atoms with E-state index in [1.165, 1.54) is 24.2 Å². The van der Waals surface area contributed by atoms with Gasteiger partial charge in [-0.05, 0) is 37.8 Å². The Kier molecular flexibility index (Phi) is 3.44. The number of carbonyl (C=O) groups excluding carboxylic acids is 1. The highest BCUT2D eigenvalue weighted by atomic mass is 16.4. The number of carbonyl (C=O) groups is 1. The molecule has 0 aliphatic carbocycles. The normalized spacial score (nSPS) is 16.6. The Morgan fingerprint density at radius 2 is 2.15 bits per heavy atom. The molecule has 1 aliphatic heterocycles. The second-order valence-electron chi connectivity index (χ2n) is 5.57. The first kappa shape index (κ1) is 13.1. The van der Waals surface area contributed by atoms with Crippen LogP contribution in [0.15, 0.2) is 18.3 Å². The van der Waals surface area contributed by atoms with Gasteiger partial charge in [-0.25, -0.2) is 4.98 Å². The van der Waals surface area contributed by atoms with Crippen molar-refractivity contribution in [3.05, 3.63) is 35.3 Å². The molecular weight excluding hydrogens is 254 g/mol. The molecule has 1 fully saturated rings. The topological polar surface area (TPSA) is 61.9 Å². The fourth-order valence-corrected chi connectivity index (χ4v) is 3.05. The van der Waals surface area contributed by atoms with E-state index in [0.717, 1.165) is 30.0 Å². The van der Waals surface area contributed by atoms with Crippen molar-refractivity contribution in [2.45, 2.75) is 32.7 Å². The number of aryl methyl sites for hydroxylation is 1. The molecule has 2 aromatic heterocycles. The molecule has 3 heterocycles. The zero-order valence-electron chi connectivity index (χ0n) is 11.7. The van der Waals surface area contributed by atoms with E-state index in [9.17, 15) is 9.90 Å². The molecular formula is C15H19N3O2. The highest BCUT2D eigenvalue weighted by Crippen LogP contribution is 2.15. The number of nitrogens with zero attached hydrogens (tertiary/aromatic N) is 2. The molecule has 5 nitrogen and oxygen atoms in total. The maximum Gasteiger partial charge on any atom is 0.140 e. The number of hydrogen-bond donors (Lipinski definition) is 1. The number of piperidine rings is 1. The van der Waals surface area contributed by atoms with Crippen molar-refractivity contribution >= 4 is 11.6 Å². The van der Waals surface area contributed by atoms with Crippen LogP contribution in [0.3, 0.4) is 0 Å². The van der Waals surface area contributed by atoms with Gasteiger partial charge in [0.25, 0.3) is 0 Å². The van der Waals surface area contributed by atoms with Crippen LogP contribution in [0.2, 0.25) is 0 Å². The Bertz CT molecular complexity index is 642. The van der Waals surface area contributed by atoms with Crippen molar-refractivity contribution in [3.63, 3.8) is 0 Å². The van der Waals surface area contributed by atoms with Crippen LogP contribution in [0.25, 0.3) is 5.65 Å². The molecule has 0 saturated carbocycles. The summed E-state index contributed by atoms with van der Waals surface area (Å²) >= 11 is 0. The van der Waals surface area contributed by atoms with Crippen molar-refractivity contribution in [2.24, 2.45) is 0 Å². The summed E-state index contributed by atoms with van der Waals surface area (Å²) in [6.45, 7) is 4.85. The van der Waals surface area contributed by atoms with E-state index in [1.54, 1.807) is 0 Å². The summed E-state index contributed by atoms with van der Waals surface area (Å²) in [6.07, 6.45) is 5.60. The minimum absolute atomic E-state index is 0.0948. The molecule has 2 aromatic rings. The van der Waals surface area contributed by atoms with Crippen LogP contribution in [0.1, 0.15) is 41.0 Å². The quantitative estimate of drug-likeness (QED) is 0.826. The lowest BCUT2D eigenvalue weighted by molar-refractivity contribution is -0.918. The molecule has 0 aromatic carbocycles. The van der Waals surface area contributed by atoms with Crippen LogP contribution in [-0.4, -0.2) is 28.4 Å². The molecule has 0 unspecified atom stereocenters. The van der Waals surface area contributed by atoms with E-state index in [4.69, 9.17) is 0 Å². The number of likely N-dealkylation sites (tertiary alicyclic amines) is 1. The van der Waals surface area contributed by atoms with E-state index in [0.29, 0.717) is 6.54 Å². The number of rotatable bonds is 3. The highest BCUT2D eigenvalue weighted by Gasteiger charge is 2.21. The zero-order chi connectivity index (χ0) is 14.1. The molecule has 5 heteroatoms. The first-order valence-electron chi connectivity index (χ1n) is 7.18. The predicted octanol–water partition coefficient (Wildman–Crippen LogP) is -0.425. The Morgan fingerprint density at radius 3 is 2.85 bits per heavy atom. The van der Waals surface area contributed by atoms with Crippen LogP contribution in [0, 0.1) is 6.92 Å². The van der Waals surface area contributed by atoms with Gasteiger partial charge in [-0.3, -0.25) is 4.40 Å². The van der Waals surface area contributed by atoms with E-state index in [-0.39, 0.29) is 5.69 Å². The molecule has 0 bridgehead atoms. The van der Waals surface area contributed by atoms with Crippen molar-refractivity contribution < 1.29 is 14.8 Å². The molecule has 0 amide bonds. The van der Waals surface area contributed by atoms with Crippen LogP contribution in [-0.2, 0) is 6.54 Å². The largest absolute Gasteiger partial charge is 0.543 e. The minimum atomic E-state index is -1.18. The van der Waals surface area contributed by atoms with Gasteiger partial charge in [0.1, 0.15) is 23.6 Å². The Balaban J connectivity index is 2.04. The van der Waals surface area contributed by atoms with Crippen LogP contribution >= 0.6 is 0 Å². The van der Waals surface area contributed by atoms with Crippen molar-refractivity contribution in [1.29, 1.82) is 0 Å². The molecule has 0 atom stereocenters. The SMILES string of the molecule is Cc1cccn2c(C[NH+]3CCCCC3)c(C(=O)[O-])nc12. The second-order valence-corrected chi connectivity index (χ2v) is 5.57. The number of imidazole rings is 1. The number of pyridine rings is 1. The lowest BCUT2D eigenvalue weighted by atomic mass is 10.1. The number of aromatic nitrogens is 2. The summed E-state index contributed by atoms with van der Waals surface area (Å²) in [5.74, 6) is -1.18. The summed E-state index contributed by atoms with van der Waals surface area (Å²) in [5.41, 5.74) is 2.56. The molecule has 106 valence electrons. The summed E-state index contributed by atoms with van der Waals surface area (Å²) in [6, 6.07) is 3.87. The summed E-state index contributed by atoms with van der Waals surface area (Å²) < 4.78 is 1.90. The number of quaternary nitrogens is 1. The average molecular weight is 273 g/mol. The lowest BCUT2D eigenvalue weighted by Gasteiger charge is -2.23. The molecule has 0 radical (unpaired) electrons. The monoisotopic (exact) mass is 273 g/mol. The molecule has 1 saturated heterocycles. The van der Waals surface area contributed by atoms with Gasteiger partial charge in [0.15, 0.2) is 0 Å². The van der Waals surface area contributed by atoms with Gasteiger partial charge < -0.3 is 14.8 Å². The van der Waals surface area contributed by atoms with Crippen LogP contribution < -0.4 is 10.0 Å². The predicted molar refractivity (Wildman–Crippen MR) is 72.5 cm³/mol. The Labute approximate surface area is 117 Å². The summed E-state index contributed by atoms with van der Waals surface area (Å²) in [4.78, 5) is 17.0. The lowest BCUT2D eigenvalue weighted by Crippen LogP contribution is -3.11. The Hall–Kier alpha value is -1.88. The molecule has 20 heavy (non-hydrogen) atoms. The van der Waals surface area contributed by atoms with Gasteiger partial charge in [-0.1, -0.05) is 6.07 Å². The number of nitrogens with one attached hydrogen (secondary N) is 1. The minimum Gasteiger partial charge on any atom is -0.543 e. The van der Waals surface area contributed by atoms with Gasteiger partial charge >= 0.3 is 0 Å². The zero-order valence-corrected chi connectivity index (χ0v) is 11.7. The molecule has 3 rings (SSSR count). The van der Waals surface area contributed by atoms with Crippen molar-refractivity contribution in [2.75, 3.05) is 13.1 Å². The van der Waals surface area contributed by atoms with E-state index in [2.05, 4.69) is 4.98 Å². The number of hydrogen-bond acceptors (Lipinski definition) is 3. The standard InChI is InChI=1S/C15H19N3O2/c1-11-6-5-9-18-12(10-17-7-3-2-4-8-17)13(15(19)20)16-14(11)18/h5-6,9H,2-4,7-8,10H2,1H3,(H,19,20). The first-order chi connectivity index (χ1) is 9.66. The summed E-state index contributed by atoms with van der Waals surface area (Å²) in [7, 11) is 0. The van der Waals surface area contributed by atoms with Gasteiger partial charge in [0.05, 0.1) is 19.1 Å². The van der Waals surface area contributed by atoms with E-state index in [1.807, 2.05) is 29.7 Å². The van der Waals surface area contributed by atoms with Crippen molar-refractivity contribution in [3.8, 4) is 0 Å². The average Bonchev–Trinajstić information content (AvgIpc) is 2.81. The van der Waals surface area contributed by atoms with E-state index < -0.39 is 5.97 Å². The maximum atomic E-state index is 11.3. The highest BCUT2D eigenvalue weighted by molar-refractivity contribution is 5.86. The Morgan fingerprint density at radius 1 is 1.40 bits per heavy atom. The van der Waals surface area contributed by atoms with Crippen LogP contribution in [0.5, 0.6) is 0 Å². The van der Waals surface area contributed by atoms with Crippen molar-refractivity contribution in [1.82, 2.24) is 9.38 Å². The van der Waals surface area contributed by atoms with Crippen LogP contribution in [0.4, 0.5) is 0 Å². The van der Waals surface area contributed by atoms with E-state index >= 15 is 0 Å². The second kappa shape index (κ2) is 5.25. The molecule has 1 aliphatic rings. The maximum absolute atomic E-state index is 11.3. The fraction of sp³-hybridized carbons (Fsp3) is 0.467. The fourth-order valence-electron chi connectivity index (χ4n) is 3.05. The number of aromatic carboxylic acids is 1. The van der Waals surface area contributed by atoms with Gasteiger partial charge in [0, 0.05) is 6.20 Å². The summed E-state index contributed by atoms with van der Waals surface area (Å²) in [5, 5.41) is 11.3. The first-order valence-corrected chi connectivity index (χ1v) is 7.18. The number of carboxylic acid groups (broad SMARTS) is 1. The third-order valence-electron chi connectivity index (χ3n) is 4.12. The smallest absolute Gasteiger partial charge is 0.140 e. The number of carboxylic acids is 1. The van der Waals surface area contributed by atoms with Gasteiger partial charge in [0.2, 0.25) is 0 Å².